The van der Waals surface area contributed by atoms with Crippen molar-refractivity contribution in [2.45, 2.75) is 38.8 Å². The normalized spacial score (nSPS) is 19.1. The van der Waals surface area contributed by atoms with Crippen LogP contribution in [0.15, 0.2) is 48.5 Å². The minimum Gasteiger partial charge on any atom is -0.487 e. The van der Waals surface area contributed by atoms with Gasteiger partial charge in [0.2, 0.25) is 0 Å². The molecule has 0 aliphatic carbocycles. The van der Waals surface area contributed by atoms with E-state index in [9.17, 15) is 8.42 Å². The standard InChI is InChI=1S/C20H25NO3S/c1-4-25(22,23)14-21-18-13-20(2,3)24-19-11-10-16(12-17(18)19)15-8-6-5-7-9-15/h5-12,18,21H,4,13-14H2,1-3H3. The molecule has 25 heavy (non-hydrogen) atoms. The van der Waals surface area contributed by atoms with Crippen LogP contribution in [0.2, 0.25) is 0 Å². The summed E-state index contributed by atoms with van der Waals surface area (Å²) in [7, 11) is -3.07. The van der Waals surface area contributed by atoms with Crippen molar-refractivity contribution in [1.82, 2.24) is 5.32 Å². The number of benzene rings is 2. The van der Waals surface area contributed by atoms with Crippen LogP contribution >= 0.6 is 0 Å². The van der Waals surface area contributed by atoms with Crippen molar-refractivity contribution < 1.29 is 13.2 Å². The minimum atomic E-state index is -3.07. The molecule has 0 saturated heterocycles. The monoisotopic (exact) mass is 359 g/mol. The molecule has 1 aliphatic heterocycles. The Hall–Kier alpha value is -1.85. The summed E-state index contributed by atoms with van der Waals surface area (Å²) in [6.07, 6.45) is 0.720. The summed E-state index contributed by atoms with van der Waals surface area (Å²) < 4.78 is 29.9. The molecule has 0 aromatic heterocycles. The van der Waals surface area contributed by atoms with Crippen molar-refractivity contribution in [2.75, 3.05) is 11.6 Å². The van der Waals surface area contributed by atoms with Gasteiger partial charge in [-0.15, -0.1) is 0 Å². The summed E-state index contributed by atoms with van der Waals surface area (Å²) in [5.74, 6) is 0.949. The maximum Gasteiger partial charge on any atom is 0.162 e. The van der Waals surface area contributed by atoms with Crippen LogP contribution < -0.4 is 10.1 Å². The average Bonchev–Trinajstić information content (AvgIpc) is 2.59. The van der Waals surface area contributed by atoms with E-state index in [4.69, 9.17) is 4.74 Å². The lowest BCUT2D eigenvalue weighted by atomic mass is 9.88. The molecular formula is C20H25NO3S. The second kappa shape index (κ2) is 6.81. The zero-order valence-corrected chi connectivity index (χ0v) is 15.8. The molecule has 0 radical (unpaired) electrons. The van der Waals surface area contributed by atoms with E-state index in [-0.39, 0.29) is 23.3 Å². The van der Waals surface area contributed by atoms with Crippen molar-refractivity contribution in [2.24, 2.45) is 0 Å². The Morgan fingerprint density at radius 3 is 2.52 bits per heavy atom. The maximum atomic E-state index is 11.9. The van der Waals surface area contributed by atoms with Crippen molar-refractivity contribution >= 4 is 9.84 Å². The fourth-order valence-corrected chi connectivity index (χ4v) is 3.84. The molecule has 2 aromatic rings. The highest BCUT2D eigenvalue weighted by atomic mass is 32.2. The van der Waals surface area contributed by atoms with Crippen molar-refractivity contribution in [3.05, 3.63) is 54.1 Å². The molecule has 3 rings (SSSR count). The first-order chi connectivity index (χ1) is 11.8. The molecule has 4 nitrogen and oxygen atoms in total. The minimum absolute atomic E-state index is 0.0146. The zero-order chi connectivity index (χ0) is 18.1. The molecule has 1 atom stereocenters. The predicted octanol–water partition coefficient (Wildman–Crippen LogP) is 3.94. The number of ether oxygens (including phenoxy) is 1. The van der Waals surface area contributed by atoms with E-state index in [2.05, 4.69) is 29.6 Å². The van der Waals surface area contributed by atoms with Gasteiger partial charge in [0.25, 0.3) is 0 Å². The van der Waals surface area contributed by atoms with Crippen molar-refractivity contribution in [3.8, 4) is 16.9 Å². The SMILES string of the molecule is CCS(=O)(=O)CNC1CC(C)(C)Oc2ccc(-c3ccccc3)cc21. The molecular weight excluding hydrogens is 334 g/mol. The van der Waals surface area contributed by atoms with E-state index >= 15 is 0 Å². The van der Waals surface area contributed by atoms with Gasteiger partial charge in [0, 0.05) is 23.8 Å². The van der Waals surface area contributed by atoms with Crippen molar-refractivity contribution in [3.63, 3.8) is 0 Å². The molecule has 0 saturated carbocycles. The summed E-state index contributed by atoms with van der Waals surface area (Å²) in [6, 6.07) is 16.2. The molecule has 0 amide bonds. The van der Waals surface area contributed by atoms with Crippen LogP contribution in [-0.4, -0.2) is 25.6 Å². The molecule has 0 bridgehead atoms. The highest BCUT2D eigenvalue weighted by molar-refractivity contribution is 7.91. The number of rotatable bonds is 5. The average molecular weight is 359 g/mol. The van der Waals surface area contributed by atoms with Crippen molar-refractivity contribution in [1.29, 1.82) is 0 Å². The third kappa shape index (κ3) is 4.22. The number of hydrogen-bond donors (Lipinski definition) is 1. The quantitative estimate of drug-likeness (QED) is 0.879. The van der Waals surface area contributed by atoms with Gasteiger partial charge in [0.1, 0.15) is 11.4 Å². The van der Waals surface area contributed by atoms with Gasteiger partial charge in [0.05, 0.1) is 5.88 Å². The van der Waals surface area contributed by atoms with Crippen LogP contribution in [0.5, 0.6) is 5.75 Å². The topological polar surface area (TPSA) is 55.4 Å². The molecule has 5 heteroatoms. The zero-order valence-electron chi connectivity index (χ0n) is 15.0. The summed E-state index contributed by atoms with van der Waals surface area (Å²) >= 11 is 0. The van der Waals surface area contributed by atoms with Gasteiger partial charge < -0.3 is 4.74 Å². The Labute approximate surface area is 150 Å². The maximum absolute atomic E-state index is 11.9. The lowest BCUT2D eigenvalue weighted by molar-refractivity contribution is 0.0671. The number of hydrogen-bond acceptors (Lipinski definition) is 4. The third-order valence-electron chi connectivity index (χ3n) is 4.56. The number of sulfone groups is 1. The van der Waals surface area contributed by atoms with Gasteiger partial charge >= 0.3 is 0 Å². The van der Waals surface area contributed by atoms with Crippen LogP contribution in [0.4, 0.5) is 0 Å². The molecule has 134 valence electrons. The summed E-state index contributed by atoms with van der Waals surface area (Å²) in [5, 5.41) is 3.24. The smallest absolute Gasteiger partial charge is 0.162 e. The Morgan fingerprint density at radius 1 is 1.12 bits per heavy atom. The lowest BCUT2D eigenvalue weighted by Gasteiger charge is -2.38. The van der Waals surface area contributed by atoms with Gasteiger partial charge in [-0.3, -0.25) is 5.32 Å². The van der Waals surface area contributed by atoms with Crippen LogP contribution in [0.1, 0.15) is 38.8 Å². The fraction of sp³-hybridized carbons (Fsp3) is 0.400. The first kappa shape index (κ1) is 18.0. The Balaban J connectivity index is 1.95. The second-order valence-corrected chi connectivity index (χ2v) is 9.47. The summed E-state index contributed by atoms with van der Waals surface area (Å²) in [4.78, 5) is 0. The van der Waals surface area contributed by atoms with E-state index in [1.54, 1.807) is 6.92 Å². The van der Waals surface area contributed by atoms with Gasteiger partial charge in [-0.25, -0.2) is 8.42 Å². The molecule has 2 aromatic carbocycles. The first-order valence-electron chi connectivity index (χ1n) is 8.62. The van der Waals surface area contributed by atoms with Crippen LogP contribution in [0, 0.1) is 0 Å². The number of nitrogens with one attached hydrogen (secondary N) is 1. The second-order valence-electron chi connectivity index (χ2n) is 7.12. The fourth-order valence-electron chi connectivity index (χ4n) is 3.18. The van der Waals surface area contributed by atoms with Gasteiger partial charge in [-0.2, -0.15) is 0 Å². The highest BCUT2D eigenvalue weighted by Gasteiger charge is 2.34. The molecule has 1 N–H and O–H groups in total. The van der Waals surface area contributed by atoms with E-state index in [0.29, 0.717) is 0 Å². The predicted molar refractivity (Wildman–Crippen MR) is 101 cm³/mol. The van der Waals surface area contributed by atoms with Crippen LogP contribution in [-0.2, 0) is 9.84 Å². The van der Waals surface area contributed by atoms with Crippen LogP contribution in [0.3, 0.4) is 0 Å². The molecule has 0 fully saturated rings. The number of fused-ring (bicyclic) bond motifs is 1. The Morgan fingerprint density at radius 2 is 1.84 bits per heavy atom. The Kier molecular flexibility index (Phi) is 4.89. The van der Waals surface area contributed by atoms with Gasteiger partial charge in [0.15, 0.2) is 9.84 Å². The molecule has 1 unspecified atom stereocenters. The van der Waals surface area contributed by atoms with Gasteiger partial charge in [-0.05, 0) is 37.1 Å². The highest BCUT2D eigenvalue weighted by Crippen LogP contribution is 2.41. The van der Waals surface area contributed by atoms with Gasteiger partial charge in [-0.1, -0.05) is 43.3 Å². The van der Waals surface area contributed by atoms with E-state index < -0.39 is 9.84 Å². The molecule has 1 heterocycles. The first-order valence-corrected chi connectivity index (χ1v) is 10.4. The van der Waals surface area contributed by atoms with Crippen LogP contribution in [0.25, 0.3) is 11.1 Å². The Bertz CT molecular complexity index is 844. The summed E-state index contributed by atoms with van der Waals surface area (Å²) in [6.45, 7) is 5.74. The van der Waals surface area contributed by atoms with E-state index in [0.717, 1.165) is 28.9 Å². The van der Waals surface area contributed by atoms with E-state index in [1.165, 1.54) is 0 Å². The summed E-state index contributed by atoms with van der Waals surface area (Å²) in [5.41, 5.74) is 2.92. The lowest BCUT2D eigenvalue weighted by Crippen LogP contribution is -2.41. The molecule has 0 spiro atoms. The molecule has 1 aliphatic rings. The van der Waals surface area contributed by atoms with E-state index in [1.807, 2.05) is 38.1 Å². The third-order valence-corrected chi connectivity index (χ3v) is 6.05. The largest absolute Gasteiger partial charge is 0.487 e.